The van der Waals surface area contributed by atoms with E-state index in [0.29, 0.717) is 5.82 Å². The van der Waals surface area contributed by atoms with E-state index in [0.717, 1.165) is 12.8 Å². The zero-order chi connectivity index (χ0) is 11.3. The molecule has 0 aliphatic heterocycles. The van der Waals surface area contributed by atoms with Gasteiger partial charge in [0.25, 0.3) is 0 Å². The van der Waals surface area contributed by atoms with Gasteiger partial charge in [-0.15, -0.1) is 10.2 Å². The molecule has 1 atom stereocenters. The summed E-state index contributed by atoms with van der Waals surface area (Å²) in [6, 6.07) is 0. The Bertz CT molecular complexity index is 360. The Morgan fingerprint density at radius 2 is 2.00 bits per heavy atom. The summed E-state index contributed by atoms with van der Waals surface area (Å²) in [5, 5.41) is 22.2. The smallest absolute Gasteiger partial charge is 0.183 e. The molecule has 1 heterocycles. The van der Waals surface area contributed by atoms with E-state index >= 15 is 0 Å². The predicted octanol–water partition coefficient (Wildman–Crippen LogP) is 0.841. The normalized spacial score (nSPS) is 21.4. The number of hydrogen-bond donors (Lipinski definition) is 1. The average Bonchev–Trinajstić information content (AvgIpc) is 2.75. The fraction of sp³-hybridized carbons (Fsp3) is 0.900. The molecule has 1 unspecified atom stereocenters. The zero-order valence-electron chi connectivity index (χ0n) is 9.73. The summed E-state index contributed by atoms with van der Waals surface area (Å²) in [5.74, 6) is 0.687. The maximum atomic E-state index is 9.69. The van der Waals surface area contributed by atoms with Crippen molar-refractivity contribution in [3.8, 4) is 0 Å². The number of rotatable bonds is 2. The van der Waals surface area contributed by atoms with Crippen LogP contribution < -0.4 is 0 Å². The van der Waals surface area contributed by atoms with Gasteiger partial charge in [-0.1, -0.05) is 0 Å². The molecule has 0 saturated heterocycles. The summed E-state index contributed by atoms with van der Waals surface area (Å²) in [4.78, 5) is 1.62. The summed E-state index contributed by atoms with van der Waals surface area (Å²) in [6.07, 6.45) is 1.52. The van der Waals surface area contributed by atoms with E-state index in [2.05, 4.69) is 15.4 Å². The molecular formula is C10H18N4O. The van der Waals surface area contributed by atoms with Gasteiger partial charge in [0.15, 0.2) is 5.82 Å². The first-order valence-corrected chi connectivity index (χ1v) is 5.35. The second-order valence-electron chi connectivity index (χ2n) is 5.41. The van der Waals surface area contributed by atoms with E-state index in [1.807, 2.05) is 20.8 Å². The lowest BCUT2D eigenvalue weighted by Crippen LogP contribution is -2.27. The first-order valence-electron chi connectivity index (χ1n) is 5.35. The van der Waals surface area contributed by atoms with Gasteiger partial charge in [0.05, 0.1) is 17.1 Å². The average molecular weight is 210 g/mol. The molecule has 1 aromatic heterocycles. The molecule has 5 nitrogen and oxygen atoms in total. The minimum atomic E-state index is -0.393. The molecule has 2 rings (SSSR count). The van der Waals surface area contributed by atoms with E-state index in [4.69, 9.17) is 0 Å². The molecule has 0 aromatic carbocycles. The van der Waals surface area contributed by atoms with Crippen LogP contribution in [0.5, 0.6) is 0 Å². The SMILES string of the molecule is CC(O)C1(c2nnn(C(C)(C)C)n2)CC1. The fourth-order valence-corrected chi connectivity index (χ4v) is 1.66. The Balaban J connectivity index is 2.29. The molecule has 1 N–H and O–H groups in total. The van der Waals surface area contributed by atoms with Crippen LogP contribution in [-0.4, -0.2) is 31.4 Å². The molecule has 1 aliphatic rings. The first kappa shape index (κ1) is 10.5. The fourth-order valence-electron chi connectivity index (χ4n) is 1.66. The number of aliphatic hydroxyl groups excluding tert-OH is 1. The molecule has 84 valence electrons. The van der Waals surface area contributed by atoms with Crippen LogP contribution in [0, 0.1) is 0 Å². The molecule has 15 heavy (non-hydrogen) atoms. The number of tetrazole rings is 1. The molecule has 0 radical (unpaired) electrons. The Labute approximate surface area is 89.5 Å². The van der Waals surface area contributed by atoms with Gasteiger partial charge in [-0.3, -0.25) is 0 Å². The Kier molecular flexibility index (Phi) is 2.12. The maximum absolute atomic E-state index is 9.69. The van der Waals surface area contributed by atoms with Crippen molar-refractivity contribution in [2.75, 3.05) is 0 Å². The van der Waals surface area contributed by atoms with Gasteiger partial charge in [-0.25, -0.2) is 0 Å². The van der Waals surface area contributed by atoms with Crippen LogP contribution in [0.3, 0.4) is 0 Å². The summed E-state index contributed by atoms with van der Waals surface area (Å²) >= 11 is 0. The number of hydrogen-bond acceptors (Lipinski definition) is 4. The molecule has 1 aliphatic carbocycles. The van der Waals surface area contributed by atoms with Crippen LogP contribution in [0.25, 0.3) is 0 Å². The number of nitrogens with zero attached hydrogens (tertiary/aromatic N) is 4. The lowest BCUT2D eigenvalue weighted by atomic mass is 10.0. The third-order valence-corrected chi connectivity index (χ3v) is 3.05. The highest BCUT2D eigenvalue weighted by Crippen LogP contribution is 2.49. The summed E-state index contributed by atoms with van der Waals surface area (Å²) in [6.45, 7) is 7.88. The van der Waals surface area contributed by atoms with Crippen molar-refractivity contribution in [2.45, 2.75) is 57.6 Å². The van der Waals surface area contributed by atoms with Crippen molar-refractivity contribution in [2.24, 2.45) is 0 Å². The Morgan fingerprint density at radius 1 is 1.40 bits per heavy atom. The molecule has 1 saturated carbocycles. The summed E-state index contributed by atoms with van der Waals surface area (Å²) < 4.78 is 0. The monoisotopic (exact) mass is 210 g/mol. The Morgan fingerprint density at radius 3 is 2.33 bits per heavy atom. The van der Waals surface area contributed by atoms with Crippen LogP contribution in [0.1, 0.15) is 46.4 Å². The highest BCUT2D eigenvalue weighted by molar-refractivity contribution is 5.18. The standard InChI is InChI=1S/C10H18N4O/c1-7(15)10(5-6-10)8-11-13-14(12-8)9(2,3)4/h7,15H,5-6H2,1-4H3. The summed E-state index contributed by atoms with van der Waals surface area (Å²) in [7, 11) is 0. The van der Waals surface area contributed by atoms with Gasteiger partial charge < -0.3 is 5.11 Å². The second kappa shape index (κ2) is 3.01. The van der Waals surface area contributed by atoms with Crippen LogP contribution in [0.2, 0.25) is 0 Å². The van der Waals surface area contributed by atoms with E-state index in [1.54, 1.807) is 11.7 Å². The van der Waals surface area contributed by atoms with Crippen LogP contribution in [0.4, 0.5) is 0 Å². The maximum Gasteiger partial charge on any atom is 0.183 e. The highest BCUT2D eigenvalue weighted by Gasteiger charge is 2.52. The third-order valence-electron chi connectivity index (χ3n) is 3.05. The van der Waals surface area contributed by atoms with Crippen molar-refractivity contribution in [3.05, 3.63) is 5.82 Å². The molecule has 0 amide bonds. The number of aliphatic hydroxyl groups is 1. The minimum Gasteiger partial charge on any atom is -0.392 e. The second-order valence-corrected chi connectivity index (χ2v) is 5.41. The van der Waals surface area contributed by atoms with Crippen LogP contribution in [-0.2, 0) is 11.0 Å². The third kappa shape index (κ3) is 1.65. The topological polar surface area (TPSA) is 63.8 Å². The molecule has 5 heteroatoms. The van der Waals surface area contributed by atoms with E-state index in [-0.39, 0.29) is 11.0 Å². The van der Waals surface area contributed by atoms with Crippen molar-refractivity contribution in [1.29, 1.82) is 0 Å². The van der Waals surface area contributed by atoms with Gasteiger partial charge in [-0.2, -0.15) is 4.80 Å². The number of aromatic nitrogens is 4. The van der Waals surface area contributed by atoms with E-state index in [9.17, 15) is 5.11 Å². The van der Waals surface area contributed by atoms with Gasteiger partial charge in [0.1, 0.15) is 0 Å². The van der Waals surface area contributed by atoms with Crippen LogP contribution in [0.15, 0.2) is 0 Å². The zero-order valence-corrected chi connectivity index (χ0v) is 9.73. The minimum absolute atomic E-state index is 0.153. The van der Waals surface area contributed by atoms with Crippen molar-refractivity contribution < 1.29 is 5.11 Å². The van der Waals surface area contributed by atoms with Gasteiger partial charge in [0.2, 0.25) is 0 Å². The first-order chi connectivity index (χ1) is 6.86. The highest BCUT2D eigenvalue weighted by atomic mass is 16.3. The van der Waals surface area contributed by atoms with Crippen LogP contribution >= 0.6 is 0 Å². The molecule has 0 bridgehead atoms. The molecule has 0 spiro atoms. The lowest BCUT2D eigenvalue weighted by molar-refractivity contribution is 0.146. The molecule has 1 fully saturated rings. The van der Waals surface area contributed by atoms with Crippen molar-refractivity contribution >= 4 is 0 Å². The van der Waals surface area contributed by atoms with Gasteiger partial charge >= 0.3 is 0 Å². The van der Waals surface area contributed by atoms with E-state index in [1.165, 1.54) is 0 Å². The Hall–Kier alpha value is -0.970. The quantitative estimate of drug-likeness (QED) is 0.785. The van der Waals surface area contributed by atoms with Crippen molar-refractivity contribution in [1.82, 2.24) is 20.2 Å². The summed E-state index contributed by atoms with van der Waals surface area (Å²) in [5.41, 5.74) is -0.372. The molecular weight excluding hydrogens is 192 g/mol. The van der Waals surface area contributed by atoms with Crippen molar-refractivity contribution in [3.63, 3.8) is 0 Å². The van der Waals surface area contributed by atoms with E-state index < -0.39 is 6.10 Å². The van der Waals surface area contributed by atoms with Gasteiger partial charge in [-0.05, 0) is 45.7 Å². The van der Waals surface area contributed by atoms with Gasteiger partial charge in [0, 0.05) is 0 Å². The lowest BCUT2D eigenvalue weighted by Gasteiger charge is -2.16. The predicted molar refractivity (Wildman–Crippen MR) is 55.4 cm³/mol. The molecule has 1 aromatic rings. The largest absolute Gasteiger partial charge is 0.392 e.